The first-order valence-electron chi connectivity index (χ1n) is 4.15. The van der Waals surface area contributed by atoms with Gasteiger partial charge in [-0.15, -0.1) is 0 Å². The Hall–Kier alpha value is -1.06. The van der Waals surface area contributed by atoms with Gasteiger partial charge in [-0.25, -0.2) is 0 Å². The third kappa shape index (κ3) is 2.44. The predicted molar refractivity (Wildman–Crippen MR) is 49.5 cm³/mol. The number of phenolic OH excluding ortho intramolecular Hbond substituents is 1. The van der Waals surface area contributed by atoms with Gasteiger partial charge in [-0.3, -0.25) is 0 Å². The second kappa shape index (κ2) is 4.25. The molecule has 3 heteroatoms. The molecule has 1 aromatic carbocycles. The van der Waals surface area contributed by atoms with Crippen LogP contribution in [0.5, 0.6) is 5.75 Å². The molecule has 2 N–H and O–H groups in total. The fourth-order valence-electron chi connectivity index (χ4n) is 1.28. The van der Waals surface area contributed by atoms with E-state index in [0.717, 1.165) is 5.56 Å². The Morgan fingerprint density at radius 3 is 2.15 bits per heavy atom. The van der Waals surface area contributed by atoms with E-state index in [1.165, 1.54) is 0 Å². The van der Waals surface area contributed by atoms with Crippen LogP contribution < -0.4 is 0 Å². The van der Waals surface area contributed by atoms with Gasteiger partial charge in [0.25, 0.3) is 0 Å². The largest absolute Gasteiger partial charge is 0.508 e. The lowest BCUT2D eigenvalue weighted by molar-refractivity contribution is -0.00350. The van der Waals surface area contributed by atoms with E-state index in [9.17, 15) is 5.11 Å². The molecule has 0 radical (unpaired) electrons. The van der Waals surface area contributed by atoms with E-state index in [0.29, 0.717) is 0 Å². The van der Waals surface area contributed by atoms with Crippen molar-refractivity contribution >= 4 is 0 Å². The number of rotatable bonds is 3. The van der Waals surface area contributed by atoms with Crippen molar-refractivity contribution in [3.8, 4) is 5.75 Å². The minimum absolute atomic E-state index is 0.212. The third-order valence-electron chi connectivity index (χ3n) is 1.91. The molecule has 0 heterocycles. The lowest BCUT2D eigenvalue weighted by Gasteiger charge is -2.18. The number of methoxy groups -OCH3 is 1. The summed E-state index contributed by atoms with van der Waals surface area (Å²) in [7, 11) is 1.55. The highest BCUT2D eigenvalue weighted by molar-refractivity contribution is 5.27. The quantitative estimate of drug-likeness (QED) is 0.744. The smallest absolute Gasteiger partial charge is 0.115 e. The molecule has 0 aromatic heterocycles. The summed E-state index contributed by atoms with van der Waals surface area (Å²) in [5, 5.41) is 18.4. The zero-order chi connectivity index (χ0) is 9.84. The molecule has 0 aliphatic heterocycles. The topological polar surface area (TPSA) is 49.7 Å². The number of hydrogen-bond acceptors (Lipinski definition) is 3. The Kier molecular flexibility index (Phi) is 3.28. The molecule has 3 nitrogen and oxygen atoms in total. The van der Waals surface area contributed by atoms with Crippen molar-refractivity contribution < 1.29 is 14.9 Å². The van der Waals surface area contributed by atoms with Crippen LogP contribution in [0.25, 0.3) is 0 Å². The summed E-state index contributed by atoms with van der Waals surface area (Å²) in [4.78, 5) is 0. The molecule has 1 rings (SSSR count). The minimum atomic E-state index is -0.561. The Morgan fingerprint density at radius 2 is 1.77 bits per heavy atom. The molecule has 0 aliphatic carbocycles. The summed E-state index contributed by atoms with van der Waals surface area (Å²) >= 11 is 0. The number of aliphatic hydroxyl groups excluding tert-OH is 1. The molecule has 2 atom stereocenters. The van der Waals surface area contributed by atoms with Crippen LogP contribution in [0.15, 0.2) is 24.3 Å². The van der Waals surface area contributed by atoms with E-state index in [4.69, 9.17) is 9.84 Å². The zero-order valence-electron chi connectivity index (χ0n) is 7.77. The normalized spacial score (nSPS) is 15.3. The van der Waals surface area contributed by atoms with Crippen LogP contribution in [0, 0.1) is 0 Å². The van der Waals surface area contributed by atoms with Crippen LogP contribution >= 0.6 is 0 Å². The van der Waals surface area contributed by atoms with Crippen molar-refractivity contribution in [1.29, 1.82) is 0 Å². The van der Waals surface area contributed by atoms with Crippen molar-refractivity contribution in [2.75, 3.05) is 7.11 Å². The van der Waals surface area contributed by atoms with Gasteiger partial charge < -0.3 is 14.9 Å². The highest BCUT2D eigenvalue weighted by Gasteiger charge is 2.15. The van der Waals surface area contributed by atoms with Gasteiger partial charge in [0.1, 0.15) is 11.9 Å². The molecule has 0 spiro atoms. The lowest BCUT2D eigenvalue weighted by atomic mass is 10.1. The van der Waals surface area contributed by atoms with Crippen molar-refractivity contribution in [1.82, 2.24) is 0 Å². The Balaban J connectivity index is 2.86. The number of benzene rings is 1. The highest BCUT2D eigenvalue weighted by atomic mass is 16.5. The molecular weight excluding hydrogens is 168 g/mol. The van der Waals surface area contributed by atoms with E-state index in [-0.39, 0.29) is 11.9 Å². The van der Waals surface area contributed by atoms with Crippen LogP contribution in [-0.4, -0.2) is 23.4 Å². The minimum Gasteiger partial charge on any atom is -0.508 e. The van der Waals surface area contributed by atoms with Gasteiger partial charge in [0.05, 0.1) is 6.10 Å². The van der Waals surface area contributed by atoms with Gasteiger partial charge in [-0.2, -0.15) is 0 Å². The molecule has 0 saturated heterocycles. The summed E-state index contributed by atoms with van der Waals surface area (Å²) in [6.07, 6.45) is -0.893. The van der Waals surface area contributed by atoms with Crippen molar-refractivity contribution in [3.05, 3.63) is 29.8 Å². The van der Waals surface area contributed by atoms with Crippen LogP contribution in [0.2, 0.25) is 0 Å². The average Bonchev–Trinajstić information content (AvgIpc) is 2.09. The Morgan fingerprint density at radius 1 is 1.23 bits per heavy atom. The predicted octanol–water partition coefficient (Wildman–Crippen LogP) is 1.46. The maximum absolute atomic E-state index is 9.35. The maximum atomic E-state index is 9.35. The van der Waals surface area contributed by atoms with E-state index in [1.807, 2.05) is 0 Å². The molecule has 13 heavy (non-hydrogen) atoms. The highest BCUT2D eigenvalue weighted by Crippen LogP contribution is 2.22. The van der Waals surface area contributed by atoms with Crippen LogP contribution in [-0.2, 0) is 4.74 Å². The van der Waals surface area contributed by atoms with E-state index < -0.39 is 6.10 Å². The molecule has 0 saturated carbocycles. The van der Waals surface area contributed by atoms with Gasteiger partial charge in [0, 0.05) is 7.11 Å². The molecule has 0 bridgehead atoms. The lowest BCUT2D eigenvalue weighted by Crippen LogP contribution is -2.16. The summed E-state index contributed by atoms with van der Waals surface area (Å²) < 4.78 is 5.11. The van der Waals surface area contributed by atoms with Gasteiger partial charge >= 0.3 is 0 Å². The van der Waals surface area contributed by atoms with Crippen molar-refractivity contribution in [2.45, 2.75) is 19.1 Å². The third-order valence-corrected chi connectivity index (χ3v) is 1.91. The Bertz CT molecular complexity index is 253. The second-order valence-corrected chi connectivity index (χ2v) is 2.99. The molecule has 72 valence electrons. The first kappa shape index (κ1) is 10.0. The zero-order valence-corrected chi connectivity index (χ0v) is 7.77. The standard InChI is InChI=1S/C10H14O3/c1-7(11)10(13-2)8-3-5-9(12)6-4-8/h3-7,10-12H,1-2H3/t7-,10+/m0/s1. The van der Waals surface area contributed by atoms with Gasteiger partial charge in [0.15, 0.2) is 0 Å². The van der Waals surface area contributed by atoms with Crippen LogP contribution in [0.4, 0.5) is 0 Å². The monoisotopic (exact) mass is 182 g/mol. The maximum Gasteiger partial charge on any atom is 0.115 e. The molecule has 0 fully saturated rings. The number of aliphatic hydroxyl groups is 1. The average molecular weight is 182 g/mol. The van der Waals surface area contributed by atoms with Crippen LogP contribution in [0.1, 0.15) is 18.6 Å². The summed E-state index contributed by atoms with van der Waals surface area (Å²) in [5.74, 6) is 0.212. The van der Waals surface area contributed by atoms with E-state index >= 15 is 0 Å². The summed E-state index contributed by atoms with van der Waals surface area (Å²) in [5.41, 5.74) is 0.857. The van der Waals surface area contributed by atoms with Crippen molar-refractivity contribution in [2.24, 2.45) is 0 Å². The number of hydrogen-bond donors (Lipinski definition) is 2. The summed E-state index contributed by atoms with van der Waals surface area (Å²) in [6, 6.07) is 6.61. The van der Waals surface area contributed by atoms with Crippen LogP contribution in [0.3, 0.4) is 0 Å². The van der Waals surface area contributed by atoms with Gasteiger partial charge in [-0.1, -0.05) is 12.1 Å². The first-order valence-corrected chi connectivity index (χ1v) is 4.15. The second-order valence-electron chi connectivity index (χ2n) is 2.99. The number of ether oxygens (including phenoxy) is 1. The molecular formula is C10H14O3. The van der Waals surface area contributed by atoms with Gasteiger partial charge in [0.2, 0.25) is 0 Å². The Labute approximate surface area is 77.6 Å². The molecule has 0 aliphatic rings. The molecule has 0 amide bonds. The number of phenols is 1. The fraction of sp³-hybridized carbons (Fsp3) is 0.400. The van der Waals surface area contributed by atoms with E-state index in [1.54, 1.807) is 38.3 Å². The van der Waals surface area contributed by atoms with Gasteiger partial charge in [-0.05, 0) is 24.6 Å². The first-order chi connectivity index (χ1) is 6.15. The van der Waals surface area contributed by atoms with Crippen molar-refractivity contribution in [3.63, 3.8) is 0 Å². The number of aromatic hydroxyl groups is 1. The molecule has 1 aromatic rings. The fourth-order valence-corrected chi connectivity index (χ4v) is 1.28. The molecule has 0 unspecified atom stereocenters. The summed E-state index contributed by atoms with van der Waals surface area (Å²) in [6.45, 7) is 1.67. The van der Waals surface area contributed by atoms with E-state index in [2.05, 4.69) is 0 Å². The SMILES string of the molecule is CO[C@@H](c1ccc(O)cc1)[C@H](C)O.